The van der Waals surface area contributed by atoms with Crippen molar-refractivity contribution in [3.8, 4) is 0 Å². The Morgan fingerprint density at radius 1 is 1.24 bits per heavy atom. The Morgan fingerprint density at radius 2 is 2.00 bits per heavy atom. The normalized spacial score (nSPS) is 13.6. The Balaban J connectivity index is 2.20. The van der Waals surface area contributed by atoms with Gasteiger partial charge in [0.25, 0.3) is 0 Å². The van der Waals surface area contributed by atoms with Crippen molar-refractivity contribution < 1.29 is 13.2 Å². The first-order valence-corrected chi connectivity index (χ1v) is 7.39. The summed E-state index contributed by atoms with van der Waals surface area (Å²) in [6.07, 6.45) is -4.33. The van der Waals surface area contributed by atoms with Gasteiger partial charge in [0.2, 0.25) is 0 Å². The van der Waals surface area contributed by atoms with E-state index in [9.17, 15) is 13.2 Å². The number of benzene rings is 1. The molecule has 1 aromatic heterocycles. The average Bonchev–Trinajstić information content (AvgIpc) is 2.92. The fourth-order valence-electron chi connectivity index (χ4n) is 2.25. The third-order valence-corrected chi connectivity index (χ3v) is 4.20. The van der Waals surface area contributed by atoms with Crippen molar-refractivity contribution in [2.45, 2.75) is 18.8 Å². The maximum atomic E-state index is 12.8. The lowest BCUT2D eigenvalue weighted by molar-refractivity contribution is -0.137. The highest BCUT2D eigenvalue weighted by atomic mass is 32.1. The molecule has 1 heterocycles. The average molecular weight is 314 g/mol. The summed E-state index contributed by atoms with van der Waals surface area (Å²) in [6, 6.07) is 9.10. The zero-order valence-electron chi connectivity index (χ0n) is 11.6. The van der Waals surface area contributed by atoms with E-state index in [0.29, 0.717) is 12.1 Å². The van der Waals surface area contributed by atoms with Gasteiger partial charge in [-0.1, -0.05) is 18.2 Å². The molecule has 0 aliphatic carbocycles. The molecule has 0 fully saturated rings. The molecule has 1 aromatic carbocycles. The molecule has 0 bridgehead atoms. The second-order valence-corrected chi connectivity index (χ2v) is 5.90. The third-order valence-electron chi connectivity index (χ3n) is 3.34. The van der Waals surface area contributed by atoms with E-state index in [1.807, 2.05) is 29.5 Å². The molecule has 1 atom stereocenters. The van der Waals surface area contributed by atoms with Crippen LogP contribution in [0.5, 0.6) is 0 Å². The zero-order chi connectivity index (χ0) is 15.5. The molecule has 0 amide bonds. The van der Waals surface area contributed by atoms with Crippen LogP contribution in [0.1, 0.15) is 22.0 Å². The number of halogens is 3. The molecule has 0 saturated heterocycles. The van der Waals surface area contributed by atoms with Crippen LogP contribution >= 0.6 is 11.3 Å². The summed E-state index contributed by atoms with van der Waals surface area (Å²) in [5.74, 6) is 0. The lowest BCUT2D eigenvalue weighted by Gasteiger charge is -2.27. The first-order chi connectivity index (χ1) is 9.91. The Bertz CT molecular complexity index is 567. The number of rotatable bonds is 5. The summed E-state index contributed by atoms with van der Waals surface area (Å²) in [5, 5.41) is 1.98. The van der Waals surface area contributed by atoms with Crippen LogP contribution in [-0.2, 0) is 12.7 Å². The fraction of sp³-hybridized carbons (Fsp3) is 0.333. The van der Waals surface area contributed by atoms with Crippen LogP contribution in [0.15, 0.2) is 41.8 Å². The summed E-state index contributed by atoms with van der Waals surface area (Å²) in [6.45, 7) is 0.930. The monoisotopic (exact) mass is 314 g/mol. The second-order valence-electron chi connectivity index (χ2n) is 4.87. The van der Waals surface area contributed by atoms with Gasteiger partial charge in [0, 0.05) is 24.0 Å². The third kappa shape index (κ3) is 4.06. The Labute approximate surface area is 126 Å². The molecule has 0 aliphatic rings. The fourth-order valence-corrected chi connectivity index (χ4v) is 3.02. The largest absolute Gasteiger partial charge is 0.416 e. The van der Waals surface area contributed by atoms with Crippen molar-refractivity contribution in [2.75, 3.05) is 13.6 Å². The van der Waals surface area contributed by atoms with E-state index in [4.69, 9.17) is 5.73 Å². The highest BCUT2D eigenvalue weighted by Gasteiger charge is 2.31. The van der Waals surface area contributed by atoms with Gasteiger partial charge in [-0.15, -0.1) is 11.3 Å². The molecule has 6 heteroatoms. The lowest BCUT2D eigenvalue weighted by Crippen LogP contribution is -2.30. The molecular formula is C15H17F3N2S. The number of hydrogen-bond donors (Lipinski definition) is 1. The van der Waals surface area contributed by atoms with E-state index < -0.39 is 11.7 Å². The molecule has 2 nitrogen and oxygen atoms in total. The lowest BCUT2D eigenvalue weighted by atomic mass is 10.0. The topological polar surface area (TPSA) is 29.3 Å². The molecule has 0 radical (unpaired) electrons. The van der Waals surface area contributed by atoms with E-state index >= 15 is 0 Å². The van der Waals surface area contributed by atoms with Crippen LogP contribution in [0.3, 0.4) is 0 Å². The number of alkyl halides is 3. The van der Waals surface area contributed by atoms with Gasteiger partial charge in [0.1, 0.15) is 0 Å². The second kappa shape index (κ2) is 6.60. The van der Waals surface area contributed by atoms with Crippen LogP contribution in [0.25, 0.3) is 0 Å². The van der Waals surface area contributed by atoms with Gasteiger partial charge in [-0.2, -0.15) is 13.2 Å². The van der Waals surface area contributed by atoms with Gasteiger partial charge in [-0.25, -0.2) is 0 Å². The molecule has 0 spiro atoms. The summed E-state index contributed by atoms with van der Waals surface area (Å²) < 4.78 is 38.4. The van der Waals surface area contributed by atoms with Crippen molar-refractivity contribution >= 4 is 11.3 Å². The van der Waals surface area contributed by atoms with Crippen LogP contribution in [0.4, 0.5) is 13.2 Å². The molecule has 0 saturated carbocycles. The number of nitrogens with zero attached hydrogens (tertiary/aromatic N) is 1. The number of nitrogens with two attached hydrogens (primary N) is 1. The number of thiophene rings is 1. The highest BCUT2D eigenvalue weighted by molar-refractivity contribution is 7.09. The van der Waals surface area contributed by atoms with Gasteiger partial charge < -0.3 is 5.73 Å². The Hall–Kier alpha value is -1.37. The molecule has 1 unspecified atom stereocenters. The summed E-state index contributed by atoms with van der Waals surface area (Å²) in [4.78, 5) is 3.13. The standard InChI is InChI=1S/C15H17F3N2S/c1-20(10-13-6-3-7-21-13)14(9-19)11-4-2-5-12(8-11)15(16,17)18/h2-8,14H,9-10,19H2,1H3. The summed E-state index contributed by atoms with van der Waals surface area (Å²) in [7, 11) is 1.87. The molecule has 2 rings (SSSR count). The van der Waals surface area contributed by atoms with Crippen molar-refractivity contribution in [2.24, 2.45) is 5.73 Å². The van der Waals surface area contributed by atoms with Crippen LogP contribution in [-0.4, -0.2) is 18.5 Å². The number of hydrogen-bond acceptors (Lipinski definition) is 3. The minimum Gasteiger partial charge on any atom is -0.329 e. The van der Waals surface area contributed by atoms with Gasteiger partial charge in [0.05, 0.1) is 5.56 Å². The van der Waals surface area contributed by atoms with Crippen molar-refractivity contribution in [1.82, 2.24) is 4.90 Å². The maximum absolute atomic E-state index is 12.8. The van der Waals surface area contributed by atoms with Gasteiger partial charge in [-0.3, -0.25) is 4.90 Å². The quantitative estimate of drug-likeness (QED) is 0.907. The van der Waals surface area contributed by atoms with Crippen molar-refractivity contribution in [3.63, 3.8) is 0 Å². The van der Waals surface area contributed by atoms with E-state index in [1.165, 1.54) is 12.1 Å². The summed E-state index contributed by atoms with van der Waals surface area (Å²) in [5.41, 5.74) is 5.73. The van der Waals surface area contributed by atoms with Crippen molar-refractivity contribution in [3.05, 3.63) is 57.8 Å². The van der Waals surface area contributed by atoms with Crippen LogP contribution < -0.4 is 5.73 Å². The van der Waals surface area contributed by atoms with Crippen LogP contribution in [0, 0.1) is 0 Å². The van der Waals surface area contributed by atoms with E-state index in [1.54, 1.807) is 17.4 Å². The Morgan fingerprint density at radius 3 is 2.57 bits per heavy atom. The first-order valence-electron chi connectivity index (χ1n) is 6.51. The van der Waals surface area contributed by atoms with E-state index in [2.05, 4.69) is 0 Å². The highest BCUT2D eigenvalue weighted by Crippen LogP contribution is 2.31. The minimum absolute atomic E-state index is 0.241. The Kier molecular flexibility index (Phi) is 5.03. The maximum Gasteiger partial charge on any atom is 0.416 e. The zero-order valence-corrected chi connectivity index (χ0v) is 12.4. The molecular weight excluding hydrogens is 297 g/mol. The van der Waals surface area contributed by atoms with Gasteiger partial charge >= 0.3 is 6.18 Å². The van der Waals surface area contributed by atoms with E-state index in [0.717, 1.165) is 10.9 Å². The SMILES string of the molecule is CN(Cc1cccs1)C(CN)c1cccc(C(F)(F)F)c1. The minimum atomic E-state index is -4.33. The number of likely N-dealkylation sites (N-methyl/N-ethyl adjacent to an activating group) is 1. The van der Waals surface area contributed by atoms with E-state index in [-0.39, 0.29) is 12.6 Å². The predicted octanol–water partition coefficient (Wildman–Crippen LogP) is 3.90. The molecule has 21 heavy (non-hydrogen) atoms. The summed E-state index contributed by atoms with van der Waals surface area (Å²) >= 11 is 1.62. The van der Waals surface area contributed by atoms with Gasteiger partial charge in [0.15, 0.2) is 0 Å². The first kappa shape index (κ1) is 16.0. The molecule has 2 aromatic rings. The molecule has 0 aliphatic heterocycles. The van der Waals surface area contributed by atoms with Crippen LogP contribution in [0.2, 0.25) is 0 Å². The smallest absolute Gasteiger partial charge is 0.329 e. The molecule has 2 N–H and O–H groups in total. The molecule has 114 valence electrons. The van der Waals surface area contributed by atoms with Crippen molar-refractivity contribution in [1.29, 1.82) is 0 Å². The van der Waals surface area contributed by atoms with Gasteiger partial charge in [-0.05, 0) is 36.2 Å². The predicted molar refractivity (Wildman–Crippen MR) is 79.0 cm³/mol.